The highest BCUT2D eigenvalue weighted by Crippen LogP contribution is 2.16. The van der Waals surface area contributed by atoms with Crippen LogP contribution in [-0.4, -0.2) is 33.6 Å². The van der Waals surface area contributed by atoms with Crippen molar-refractivity contribution in [2.45, 2.75) is 19.4 Å². The number of aromatic amines is 1. The maximum Gasteiger partial charge on any atom is 0.251 e. The van der Waals surface area contributed by atoms with E-state index in [1.54, 1.807) is 18.2 Å². The van der Waals surface area contributed by atoms with Gasteiger partial charge >= 0.3 is 0 Å². The molecule has 0 unspecified atom stereocenters. The number of aliphatic hydroxyl groups is 1. The summed E-state index contributed by atoms with van der Waals surface area (Å²) < 4.78 is 0. The van der Waals surface area contributed by atoms with Crippen molar-refractivity contribution in [1.29, 1.82) is 0 Å². The summed E-state index contributed by atoms with van der Waals surface area (Å²) in [5.41, 5.74) is 1.98. The molecule has 0 saturated carbocycles. The number of nitrogens with zero attached hydrogens (tertiary/aromatic N) is 1. The Morgan fingerprint density at radius 3 is 3.11 bits per heavy atom. The van der Waals surface area contributed by atoms with Gasteiger partial charge in [-0.05, 0) is 43.1 Å². The molecular weight excluding hydrogens is 254 g/mol. The first-order valence-electron chi connectivity index (χ1n) is 5.67. The number of hydrogen-bond acceptors (Lipinski definition) is 3. The SMILES string of the molecule is C[C@@H](CCO)NC(=O)c1ccc2nc(Cl)[nH]c2c1. The van der Waals surface area contributed by atoms with Gasteiger partial charge in [-0.15, -0.1) is 0 Å². The van der Waals surface area contributed by atoms with Crippen LogP contribution in [-0.2, 0) is 0 Å². The van der Waals surface area contributed by atoms with Crippen molar-refractivity contribution in [3.05, 3.63) is 29.0 Å². The minimum absolute atomic E-state index is 0.0522. The monoisotopic (exact) mass is 267 g/mol. The van der Waals surface area contributed by atoms with Gasteiger partial charge in [0, 0.05) is 18.2 Å². The number of amides is 1. The number of carbonyl (C=O) groups excluding carboxylic acids is 1. The Morgan fingerprint density at radius 1 is 1.61 bits per heavy atom. The lowest BCUT2D eigenvalue weighted by Gasteiger charge is -2.12. The normalized spacial score (nSPS) is 12.6. The molecule has 18 heavy (non-hydrogen) atoms. The van der Waals surface area contributed by atoms with Crippen molar-refractivity contribution in [3.63, 3.8) is 0 Å². The Kier molecular flexibility index (Phi) is 3.84. The van der Waals surface area contributed by atoms with E-state index in [2.05, 4.69) is 15.3 Å². The number of H-pyrrole nitrogens is 1. The molecule has 0 bridgehead atoms. The van der Waals surface area contributed by atoms with Gasteiger partial charge in [0.15, 0.2) is 0 Å². The second-order valence-electron chi connectivity index (χ2n) is 4.15. The fourth-order valence-electron chi connectivity index (χ4n) is 1.69. The van der Waals surface area contributed by atoms with E-state index < -0.39 is 0 Å². The zero-order valence-electron chi connectivity index (χ0n) is 9.90. The molecule has 2 aromatic rings. The Morgan fingerprint density at radius 2 is 2.39 bits per heavy atom. The molecule has 0 aliphatic carbocycles. The fourth-order valence-corrected chi connectivity index (χ4v) is 1.89. The molecule has 1 atom stereocenters. The predicted molar refractivity (Wildman–Crippen MR) is 69.7 cm³/mol. The summed E-state index contributed by atoms with van der Waals surface area (Å²) in [5, 5.41) is 11.9. The van der Waals surface area contributed by atoms with Crippen LogP contribution in [0.5, 0.6) is 0 Å². The molecule has 1 aromatic heterocycles. The fraction of sp³-hybridized carbons (Fsp3) is 0.333. The van der Waals surface area contributed by atoms with Crippen LogP contribution in [0.4, 0.5) is 0 Å². The number of carbonyl (C=O) groups is 1. The Balaban J connectivity index is 2.17. The van der Waals surface area contributed by atoms with Crippen molar-refractivity contribution in [2.24, 2.45) is 0 Å². The molecule has 2 rings (SSSR count). The molecule has 6 heteroatoms. The van der Waals surface area contributed by atoms with Crippen LogP contribution in [0.1, 0.15) is 23.7 Å². The van der Waals surface area contributed by atoms with Gasteiger partial charge in [0.05, 0.1) is 11.0 Å². The quantitative estimate of drug-likeness (QED) is 0.789. The van der Waals surface area contributed by atoms with Gasteiger partial charge in [0.2, 0.25) is 5.28 Å². The third-order valence-corrected chi connectivity index (χ3v) is 2.83. The maximum absolute atomic E-state index is 11.9. The Hall–Kier alpha value is -1.59. The van der Waals surface area contributed by atoms with Crippen LogP contribution in [0.2, 0.25) is 5.28 Å². The minimum atomic E-state index is -0.177. The van der Waals surface area contributed by atoms with Gasteiger partial charge in [-0.2, -0.15) is 0 Å². The van der Waals surface area contributed by atoms with Crippen molar-refractivity contribution >= 4 is 28.5 Å². The third kappa shape index (κ3) is 2.80. The largest absolute Gasteiger partial charge is 0.396 e. The summed E-state index contributed by atoms with van der Waals surface area (Å²) >= 11 is 5.75. The van der Waals surface area contributed by atoms with E-state index in [9.17, 15) is 4.79 Å². The number of hydrogen-bond donors (Lipinski definition) is 3. The van der Waals surface area contributed by atoms with Gasteiger partial charge in [-0.1, -0.05) is 0 Å². The Labute approximate surface area is 109 Å². The number of benzene rings is 1. The molecule has 5 nitrogen and oxygen atoms in total. The summed E-state index contributed by atoms with van der Waals surface area (Å²) in [6.45, 7) is 1.90. The first kappa shape index (κ1) is 12.9. The summed E-state index contributed by atoms with van der Waals surface area (Å²) in [5.74, 6) is -0.177. The molecule has 0 aliphatic rings. The molecule has 0 spiro atoms. The highest BCUT2D eigenvalue weighted by molar-refractivity contribution is 6.29. The van der Waals surface area contributed by atoms with Crippen LogP contribution >= 0.6 is 11.6 Å². The topological polar surface area (TPSA) is 78.0 Å². The number of aromatic nitrogens is 2. The van der Waals surface area contributed by atoms with Crippen molar-refractivity contribution in [1.82, 2.24) is 15.3 Å². The smallest absolute Gasteiger partial charge is 0.251 e. The molecule has 1 aromatic carbocycles. The van der Waals surface area contributed by atoms with E-state index >= 15 is 0 Å². The van der Waals surface area contributed by atoms with Crippen LogP contribution in [0.15, 0.2) is 18.2 Å². The summed E-state index contributed by atoms with van der Waals surface area (Å²) in [6, 6.07) is 5.07. The second-order valence-corrected chi connectivity index (χ2v) is 4.50. The lowest BCUT2D eigenvalue weighted by atomic mass is 10.1. The zero-order valence-corrected chi connectivity index (χ0v) is 10.7. The first-order valence-corrected chi connectivity index (χ1v) is 6.05. The summed E-state index contributed by atoms with van der Waals surface area (Å²) in [6.07, 6.45) is 0.532. The molecule has 96 valence electrons. The maximum atomic E-state index is 11.9. The van der Waals surface area contributed by atoms with Crippen molar-refractivity contribution in [3.8, 4) is 0 Å². The second kappa shape index (κ2) is 5.37. The van der Waals surface area contributed by atoms with Crippen LogP contribution in [0.3, 0.4) is 0 Å². The van der Waals surface area contributed by atoms with Gasteiger partial charge in [0.1, 0.15) is 0 Å². The molecule has 1 heterocycles. The average Bonchev–Trinajstić information content (AvgIpc) is 2.68. The number of imidazole rings is 1. The van der Waals surface area contributed by atoms with Crippen LogP contribution in [0.25, 0.3) is 11.0 Å². The lowest BCUT2D eigenvalue weighted by Crippen LogP contribution is -2.33. The minimum Gasteiger partial charge on any atom is -0.396 e. The summed E-state index contributed by atoms with van der Waals surface area (Å²) in [4.78, 5) is 18.8. The predicted octanol–water partition coefficient (Wildman–Crippen LogP) is 1.72. The first-order chi connectivity index (χ1) is 8.60. The van der Waals surface area contributed by atoms with E-state index in [0.717, 1.165) is 11.0 Å². The molecule has 3 N–H and O–H groups in total. The van der Waals surface area contributed by atoms with Crippen LogP contribution < -0.4 is 5.32 Å². The number of fused-ring (bicyclic) bond motifs is 1. The molecule has 0 radical (unpaired) electrons. The van der Waals surface area contributed by atoms with Gasteiger partial charge in [0.25, 0.3) is 5.91 Å². The number of nitrogens with one attached hydrogen (secondary N) is 2. The highest BCUT2D eigenvalue weighted by Gasteiger charge is 2.11. The standard InChI is InChI=1S/C12H14ClN3O2/c1-7(4-5-17)14-11(18)8-2-3-9-10(6-8)16-12(13)15-9/h2-3,6-7,17H,4-5H2,1H3,(H,14,18)(H,15,16)/t7-/m0/s1. The third-order valence-electron chi connectivity index (χ3n) is 2.65. The van der Waals surface area contributed by atoms with E-state index in [4.69, 9.17) is 16.7 Å². The van der Waals surface area contributed by atoms with Crippen molar-refractivity contribution in [2.75, 3.05) is 6.61 Å². The molecular formula is C12H14ClN3O2. The van der Waals surface area contributed by atoms with Crippen molar-refractivity contribution < 1.29 is 9.90 Å². The highest BCUT2D eigenvalue weighted by atomic mass is 35.5. The van der Waals surface area contributed by atoms with E-state index in [-0.39, 0.29) is 18.6 Å². The molecule has 0 aliphatic heterocycles. The van der Waals surface area contributed by atoms with E-state index in [0.29, 0.717) is 17.3 Å². The van der Waals surface area contributed by atoms with E-state index in [1.807, 2.05) is 6.92 Å². The zero-order chi connectivity index (χ0) is 13.1. The number of aliphatic hydroxyl groups excluding tert-OH is 1. The van der Waals surface area contributed by atoms with E-state index in [1.165, 1.54) is 0 Å². The molecule has 1 amide bonds. The Bertz CT molecular complexity index is 567. The average molecular weight is 268 g/mol. The molecule has 0 saturated heterocycles. The van der Waals surface area contributed by atoms with Gasteiger partial charge in [-0.25, -0.2) is 4.98 Å². The van der Waals surface area contributed by atoms with Gasteiger partial charge in [-0.3, -0.25) is 4.79 Å². The summed E-state index contributed by atoms with van der Waals surface area (Å²) in [7, 11) is 0. The van der Waals surface area contributed by atoms with Crippen LogP contribution in [0, 0.1) is 0 Å². The van der Waals surface area contributed by atoms with Gasteiger partial charge < -0.3 is 15.4 Å². The number of rotatable bonds is 4. The number of halogens is 1. The molecule has 0 fully saturated rings. The lowest BCUT2D eigenvalue weighted by molar-refractivity contribution is 0.0934.